The molecule has 1 heterocycles. The third kappa shape index (κ3) is 3.31. The Kier molecular flexibility index (Phi) is 3.81. The summed E-state index contributed by atoms with van der Waals surface area (Å²) >= 11 is 9.34. The summed E-state index contributed by atoms with van der Waals surface area (Å²) < 4.78 is 6.45. The van der Waals surface area contributed by atoms with Gasteiger partial charge in [0, 0.05) is 10.7 Å². The summed E-state index contributed by atoms with van der Waals surface area (Å²) in [5.74, 6) is 0.824. The molecule has 4 nitrogen and oxygen atoms in total. The molecule has 0 saturated heterocycles. The lowest BCUT2D eigenvalue weighted by atomic mass is 10.3. The first-order valence-electron chi connectivity index (χ1n) is 4.80. The van der Waals surface area contributed by atoms with Crippen LogP contribution in [0.25, 0.3) is 0 Å². The first-order valence-corrected chi connectivity index (χ1v) is 5.97. The fourth-order valence-electron chi connectivity index (χ4n) is 1.23. The van der Waals surface area contributed by atoms with Gasteiger partial charge in [-0.25, -0.2) is 9.97 Å². The quantitative estimate of drug-likeness (QED) is 0.946. The molecule has 0 atom stereocenters. The van der Waals surface area contributed by atoms with Crippen LogP contribution in [-0.4, -0.2) is 9.97 Å². The number of rotatable bonds is 3. The zero-order valence-electron chi connectivity index (χ0n) is 8.73. The molecule has 0 aliphatic heterocycles. The first-order chi connectivity index (χ1) is 8.15. The number of nitrogens with zero attached hydrogens (tertiary/aromatic N) is 2. The molecule has 0 unspecified atom stereocenters. The highest BCUT2D eigenvalue weighted by atomic mass is 79.9. The molecule has 0 radical (unpaired) electrons. The van der Waals surface area contributed by atoms with Gasteiger partial charge in [0.15, 0.2) is 0 Å². The van der Waals surface area contributed by atoms with Crippen molar-refractivity contribution in [2.75, 3.05) is 5.73 Å². The van der Waals surface area contributed by atoms with E-state index in [1.807, 2.05) is 6.07 Å². The SMILES string of the molecule is Nc1nccc(COc2cc(Br)ccc2Cl)n1. The first kappa shape index (κ1) is 12.1. The van der Waals surface area contributed by atoms with Crippen LogP contribution in [0.2, 0.25) is 5.02 Å². The molecular weight excluding hydrogens is 305 g/mol. The molecule has 0 bridgehead atoms. The Morgan fingerprint density at radius 2 is 2.18 bits per heavy atom. The van der Waals surface area contributed by atoms with Crippen LogP contribution >= 0.6 is 27.5 Å². The molecule has 88 valence electrons. The van der Waals surface area contributed by atoms with Crippen LogP contribution in [0.15, 0.2) is 34.9 Å². The predicted molar refractivity (Wildman–Crippen MR) is 69.9 cm³/mol. The fraction of sp³-hybridized carbons (Fsp3) is 0.0909. The summed E-state index contributed by atoms with van der Waals surface area (Å²) in [4.78, 5) is 7.83. The van der Waals surface area contributed by atoms with Crippen LogP contribution in [0.1, 0.15) is 5.69 Å². The predicted octanol–water partition coefficient (Wildman–Crippen LogP) is 3.05. The van der Waals surface area contributed by atoms with E-state index < -0.39 is 0 Å². The second-order valence-corrected chi connectivity index (χ2v) is 4.59. The van der Waals surface area contributed by atoms with Gasteiger partial charge in [-0.05, 0) is 24.3 Å². The van der Waals surface area contributed by atoms with E-state index >= 15 is 0 Å². The molecule has 2 rings (SSSR count). The maximum atomic E-state index is 5.99. The summed E-state index contributed by atoms with van der Waals surface area (Å²) in [6.45, 7) is 0.295. The van der Waals surface area contributed by atoms with Gasteiger partial charge in [-0.15, -0.1) is 0 Å². The summed E-state index contributed by atoms with van der Waals surface area (Å²) in [5.41, 5.74) is 6.17. The standard InChI is InChI=1S/C11H9BrClN3O/c12-7-1-2-9(13)10(5-7)17-6-8-3-4-15-11(14)16-8/h1-5H,6H2,(H2,14,15,16). The Morgan fingerprint density at radius 1 is 1.35 bits per heavy atom. The third-order valence-corrected chi connectivity index (χ3v) is 2.81. The average molecular weight is 315 g/mol. The van der Waals surface area contributed by atoms with Crippen molar-refractivity contribution in [3.63, 3.8) is 0 Å². The Labute approximate surface area is 112 Å². The lowest BCUT2D eigenvalue weighted by molar-refractivity contribution is 0.301. The molecule has 17 heavy (non-hydrogen) atoms. The highest BCUT2D eigenvalue weighted by molar-refractivity contribution is 9.10. The van der Waals surface area contributed by atoms with E-state index in [-0.39, 0.29) is 5.95 Å². The van der Waals surface area contributed by atoms with Crippen LogP contribution in [0.3, 0.4) is 0 Å². The number of nitrogen functional groups attached to an aromatic ring is 1. The number of nitrogens with two attached hydrogens (primary N) is 1. The van der Waals surface area contributed by atoms with Gasteiger partial charge in [0.05, 0.1) is 10.7 Å². The van der Waals surface area contributed by atoms with Gasteiger partial charge < -0.3 is 10.5 Å². The van der Waals surface area contributed by atoms with Gasteiger partial charge in [-0.2, -0.15) is 0 Å². The van der Waals surface area contributed by atoms with Crippen LogP contribution < -0.4 is 10.5 Å². The summed E-state index contributed by atoms with van der Waals surface area (Å²) in [7, 11) is 0. The molecule has 6 heteroatoms. The van der Waals surface area contributed by atoms with Crippen LogP contribution in [-0.2, 0) is 6.61 Å². The van der Waals surface area contributed by atoms with Crippen LogP contribution in [0, 0.1) is 0 Å². The Morgan fingerprint density at radius 3 is 2.94 bits per heavy atom. The number of halogens is 2. The summed E-state index contributed by atoms with van der Waals surface area (Å²) in [5, 5.41) is 0.551. The molecule has 1 aromatic carbocycles. The lowest BCUT2D eigenvalue weighted by Gasteiger charge is -2.08. The van der Waals surface area contributed by atoms with Crippen molar-refractivity contribution in [2.45, 2.75) is 6.61 Å². The number of anilines is 1. The number of aromatic nitrogens is 2. The monoisotopic (exact) mass is 313 g/mol. The molecule has 0 spiro atoms. The van der Waals surface area contributed by atoms with E-state index in [9.17, 15) is 0 Å². The summed E-state index contributed by atoms with van der Waals surface area (Å²) in [6.07, 6.45) is 1.59. The molecular formula is C11H9BrClN3O. The smallest absolute Gasteiger partial charge is 0.220 e. The minimum absolute atomic E-state index is 0.228. The molecule has 1 aromatic heterocycles. The van der Waals surface area contributed by atoms with Gasteiger partial charge >= 0.3 is 0 Å². The number of benzene rings is 1. The molecule has 0 amide bonds. The van der Waals surface area contributed by atoms with Crippen LogP contribution in [0.5, 0.6) is 5.75 Å². The molecule has 0 aliphatic carbocycles. The minimum Gasteiger partial charge on any atom is -0.486 e. The van der Waals surface area contributed by atoms with Gasteiger partial charge in [0.25, 0.3) is 0 Å². The van der Waals surface area contributed by atoms with E-state index in [0.717, 1.165) is 4.47 Å². The molecule has 0 saturated carbocycles. The number of ether oxygens (including phenoxy) is 1. The zero-order valence-corrected chi connectivity index (χ0v) is 11.1. The summed E-state index contributed by atoms with van der Waals surface area (Å²) in [6, 6.07) is 7.14. The molecule has 0 aliphatic rings. The van der Waals surface area contributed by atoms with Crippen molar-refractivity contribution < 1.29 is 4.74 Å². The van der Waals surface area contributed by atoms with Gasteiger partial charge in [0.2, 0.25) is 5.95 Å². The fourth-order valence-corrected chi connectivity index (χ4v) is 1.75. The van der Waals surface area contributed by atoms with E-state index in [1.165, 1.54) is 0 Å². The van der Waals surface area contributed by atoms with E-state index in [4.69, 9.17) is 22.1 Å². The topological polar surface area (TPSA) is 61.0 Å². The van der Waals surface area contributed by atoms with E-state index in [0.29, 0.717) is 23.1 Å². The molecule has 0 fully saturated rings. The second-order valence-electron chi connectivity index (χ2n) is 3.27. The zero-order chi connectivity index (χ0) is 12.3. The van der Waals surface area contributed by atoms with Crippen molar-refractivity contribution in [1.29, 1.82) is 0 Å². The number of hydrogen-bond donors (Lipinski definition) is 1. The van der Waals surface area contributed by atoms with Crippen LogP contribution in [0.4, 0.5) is 5.95 Å². The highest BCUT2D eigenvalue weighted by Gasteiger charge is 2.03. The highest BCUT2D eigenvalue weighted by Crippen LogP contribution is 2.28. The number of hydrogen-bond acceptors (Lipinski definition) is 4. The molecule has 2 aromatic rings. The van der Waals surface area contributed by atoms with Crippen molar-refractivity contribution in [1.82, 2.24) is 9.97 Å². The largest absolute Gasteiger partial charge is 0.486 e. The van der Waals surface area contributed by atoms with Gasteiger partial charge in [0.1, 0.15) is 12.4 Å². The van der Waals surface area contributed by atoms with Gasteiger partial charge in [-0.1, -0.05) is 27.5 Å². The maximum Gasteiger partial charge on any atom is 0.220 e. The van der Waals surface area contributed by atoms with E-state index in [1.54, 1.807) is 24.4 Å². The van der Waals surface area contributed by atoms with Crippen molar-refractivity contribution in [2.24, 2.45) is 0 Å². The third-order valence-electron chi connectivity index (χ3n) is 2.00. The van der Waals surface area contributed by atoms with Crippen molar-refractivity contribution in [3.8, 4) is 5.75 Å². The van der Waals surface area contributed by atoms with Gasteiger partial charge in [-0.3, -0.25) is 0 Å². The second kappa shape index (κ2) is 5.33. The minimum atomic E-state index is 0.228. The average Bonchev–Trinajstić information content (AvgIpc) is 2.30. The van der Waals surface area contributed by atoms with E-state index in [2.05, 4.69) is 25.9 Å². The maximum absolute atomic E-state index is 5.99. The Hall–Kier alpha value is -1.33. The Bertz CT molecular complexity index is 536. The van der Waals surface area contributed by atoms with Crippen molar-refractivity contribution >= 4 is 33.5 Å². The molecule has 2 N–H and O–H groups in total. The Balaban J connectivity index is 2.09. The normalized spacial score (nSPS) is 10.2. The lowest BCUT2D eigenvalue weighted by Crippen LogP contribution is -2.02. The van der Waals surface area contributed by atoms with Crippen molar-refractivity contribution in [3.05, 3.63) is 45.7 Å².